The molecule has 1 unspecified atom stereocenters. The molecule has 0 aromatic rings. The summed E-state index contributed by atoms with van der Waals surface area (Å²) in [7, 11) is 0. The largest absolute Gasteiger partial charge is 0.378 e. The van der Waals surface area contributed by atoms with Crippen LogP contribution in [0, 0.1) is 0 Å². The Morgan fingerprint density at radius 2 is 2.40 bits per heavy atom. The van der Waals surface area contributed by atoms with Gasteiger partial charge in [0, 0.05) is 13.1 Å². The summed E-state index contributed by atoms with van der Waals surface area (Å²) in [6, 6.07) is 0. The standard InChI is InChI=1S/C8H15NO/c1-2-6-9-7-4-3-5-8(9)10/h2,8,10H,1,3-7H2. The van der Waals surface area contributed by atoms with Gasteiger partial charge in [-0.3, -0.25) is 4.90 Å². The molecule has 0 aromatic heterocycles. The Kier molecular flexibility index (Phi) is 2.90. The Balaban J connectivity index is 2.32. The smallest absolute Gasteiger partial charge is 0.107 e. The molecule has 1 saturated heterocycles. The van der Waals surface area contributed by atoms with Crippen molar-refractivity contribution in [2.24, 2.45) is 0 Å². The predicted octanol–water partition coefficient (Wildman–Crippen LogP) is 0.977. The number of aliphatic hydroxyl groups excluding tert-OH is 1. The predicted molar refractivity (Wildman–Crippen MR) is 41.6 cm³/mol. The van der Waals surface area contributed by atoms with E-state index in [0.29, 0.717) is 0 Å². The second-order valence-electron chi connectivity index (χ2n) is 2.76. The van der Waals surface area contributed by atoms with Crippen LogP contribution >= 0.6 is 0 Å². The molecule has 0 aromatic carbocycles. The Bertz CT molecular complexity index is 114. The molecule has 0 aliphatic carbocycles. The van der Waals surface area contributed by atoms with E-state index >= 15 is 0 Å². The number of rotatable bonds is 2. The first-order chi connectivity index (χ1) is 4.84. The van der Waals surface area contributed by atoms with Gasteiger partial charge in [-0.2, -0.15) is 0 Å². The summed E-state index contributed by atoms with van der Waals surface area (Å²) in [5.74, 6) is 0. The molecule has 0 radical (unpaired) electrons. The molecule has 0 bridgehead atoms. The number of hydrogen-bond acceptors (Lipinski definition) is 2. The lowest BCUT2D eigenvalue weighted by Gasteiger charge is -2.30. The van der Waals surface area contributed by atoms with Crippen molar-refractivity contribution in [3.8, 4) is 0 Å². The maximum absolute atomic E-state index is 9.38. The Morgan fingerprint density at radius 1 is 1.60 bits per heavy atom. The normalized spacial score (nSPS) is 28.3. The zero-order chi connectivity index (χ0) is 7.40. The summed E-state index contributed by atoms with van der Waals surface area (Å²) in [5.41, 5.74) is 0. The quantitative estimate of drug-likeness (QED) is 0.579. The van der Waals surface area contributed by atoms with Crippen LogP contribution in [0.2, 0.25) is 0 Å². The van der Waals surface area contributed by atoms with Crippen LogP contribution in [0.15, 0.2) is 12.7 Å². The van der Waals surface area contributed by atoms with Crippen LogP contribution in [-0.4, -0.2) is 29.3 Å². The monoisotopic (exact) mass is 141 g/mol. The third kappa shape index (κ3) is 1.82. The highest BCUT2D eigenvalue weighted by molar-refractivity contribution is 4.77. The van der Waals surface area contributed by atoms with Crippen molar-refractivity contribution in [1.29, 1.82) is 0 Å². The van der Waals surface area contributed by atoms with Gasteiger partial charge in [0.25, 0.3) is 0 Å². The Labute approximate surface area is 62.2 Å². The maximum Gasteiger partial charge on any atom is 0.107 e. The van der Waals surface area contributed by atoms with Crippen molar-refractivity contribution in [3.05, 3.63) is 12.7 Å². The highest BCUT2D eigenvalue weighted by Gasteiger charge is 2.17. The van der Waals surface area contributed by atoms with Crippen LogP contribution in [0.5, 0.6) is 0 Å². The molecular formula is C8H15NO. The van der Waals surface area contributed by atoms with Gasteiger partial charge in [-0.1, -0.05) is 6.08 Å². The fourth-order valence-electron chi connectivity index (χ4n) is 1.35. The number of nitrogens with zero attached hydrogens (tertiary/aromatic N) is 1. The molecule has 1 rings (SSSR count). The van der Waals surface area contributed by atoms with Crippen LogP contribution in [0.1, 0.15) is 19.3 Å². The zero-order valence-corrected chi connectivity index (χ0v) is 6.29. The molecule has 1 fully saturated rings. The van der Waals surface area contributed by atoms with Crippen LogP contribution in [0.3, 0.4) is 0 Å². The highest BCUT2D eigenvalue weighted by Crippen LogP contribution is 2.13. The fourth-order valence-corrected chi connectivity index (χ4v) is 1.35. The van der Waals surface area contributed by atoms with E-state index in [1.165, 1.54) is 6.42 Å². The van der Waals surface area contributed by atoms with Crippen molar-refractivity contribution < 1.29 is 5.11 Å². The molecule has 1 N–H and O–H groups in total. The first-order valence-corrected chi connectivity index (χ1v) is 3.87. The average molecular weight is 141 g/mol. The highest BCUT2D eigenvalue weighted by atomic mass is 16.3. The number of hydrogen-bond donors (Lipinski definition) is 1. The van der Waals surface area contributed by atoms with Crippen molar-refractivity contribution in [1.82, 2.24) is 4.90 Å². The fraction of sp³-hybridized carbons (Fsp3) is 0.750. The third-order valence-electron chi connectivity index (χ3n) is 1.94. The van der Waals surface area contributed by atoms with E-state index in [-0.39, 0.29) is 6.23 Å². The summed E-state index contributed by atoms with van der Waals surface area (Å²) in [6.07, 6.45) is 4.92. The number of piperidine rings is 1. The minimum atomic E-state index is -0.216. The van der Waals surface area contributed by atoms with E-state index in [1.807, 2.05) is 6.08 Å². The Morgan fingerprint density at radius 3 is 3.00 bits per heavy atom. The van der Waals surface area contributed by atoms with Gasteiger partial charge in [0.1, 0.15) is 6.23 Å². The van der Waals surface area contributed by atoms with Crippen LogP contribution in [-0.2, 0) is 0 Å². The molecule has 0 spiro atoms. The summed E-state index contributed by atoms with van der Waals surface area (Å²) < 4.78 is 0. The van der Waals surface area contributed by atoms with E-state index in [1.54, 1.807) is 0 Å². The lowest BCUT2D eigenvalue weighted by Crippen LogP contribution is -2.39. The van der Waals surface area contributed by atoms with Gasteiger partial charge < -0.3 is 5.11 Å². The third-order valence-corrected chi connectivity index (χ3v) is 1.94. The van der Waals surface area contributed by atoms with E-state index in [2.05, 4.69) is 11.5 Å². The molecule has 1 aliphatic heterocycles. The molecular weight excluding hydrogens is 126 g/mol. The maximum atomic E-state index is 9.38. The minimum Gasteiger partial charge on any atom is -0.378 e. The Hall–Kier alpha value is -0.340. The molecule has 2 nitrogen and oxygen atoms in total. The second-order valence-corrected chi connectivity index (χ2v) is 2.76. The SMILES string of the molecule is C=CCN1CCCCC1O. The van der Waals surface area contributed by atoms with Gasteiger partial charge in [0.05, 0.1) is 0 Å². The van der Waals surface area contributed by atoms with E-state index in [0.717, 1.165) is 25.9 Å². The summed E-state index contributed by atoms with van der Waals surface area (Å²) in [4.78, 5) is 2.05. The molecule has 10 heavy (non-hydrogen) atoms. The topological polar surface area (TPSA) is 23.5 Å². The van der Waals surface area contributed by atoms with Gasteiger partial charge in [0.2, 0.25) is 0 Å². The van der Waals surface area contributed by atoms with E-state index < -0.39 is 0 Å². The first-order valence-electron chi connectivity index (χ1n) is 3.87. The summed E-state index contributed by atoms with van der Waals surface area (Å²) >= 11 is 0. The molecule has 1 atom stereocenters. The van der Waals surface area contributed by atoms with Gasteiger partial charge in [-0.05, 0) is 19.3 Å². The van der Waals surface area contributed by atoms with Crippen molar-refractivity contribution in [2.45, 2.75) is 25.5 Å². The van der Waals surface area contributed by atoms with Crippen molar-refractivity contribution >= 4 is 0 Å². The molecule has 0 amide bonds. The van der Waals surface area contributed by atoms with Crippen LogP contribution in [0.4, 0.5) is 0 Å². The molecule has 2 heteroatoms. The first kappa shape index (κ1) is 7.76. The molecule has 1 heterocycles. The average Bonchev–Trinajstić information content (AvgIpc) is 1.94. The lowest BCUT2D eigenvalue weighted by molar-refractivity contribution is -0.0159. The molecule has 0 saturated carbocycles. The van der Waals surface area contributed by atoms with Crippen LogP contribution in [0.25, 0.3) is 0 Å². The summed E-state index contributed by atoms with van der Waals surface area (Å²) in [5, 5.41) is 9.38. The van der Waals surface area contributed by atoms with Crippen molar-refractivity contribution in [2.75, 3.05) is 13.1 Å². The molecule has 58 valence electrons. The van der Waals surface area contributed by atoms with Gasteiger partial charge in [-0.25, -0.2) is 0 Å². The van der Waals surface area contributed by atoms with Gasteiger partial charge in [-0.15, -0.1) is 6.58 Å². The van der Waals surface area contributed by atoms with Crippen molar-refractivity contribution in [3.63, 3.8) is 0 Å². The molecule has 1 aliphatic rings. The van der Waals surface area contributed by atoms with E-state index in [4.69, 9.17) is 0 Å². The van der Waals surface area contributed by atoms with Crippen LogP contribution < -0.4 is 0 Å². The minimum absolute atomic E-state index is 0.216. The summed E-state index contributed by atoms with van der Waals surface area (Å²) in [6.45, 7) is 5.48. The number of likely N-dealkylation sites (tertiary alicyclic amines) is 1. The van der Waals surface area contributed by atoms with E-state index in [9.17, 15) is 5.11 Å². The van der Waals surface area contributed by atoms with Gasteiger partial charge >= 0.3 is 0 Å². The van der Waals surface area contributed by atoms with Gasteiger partial charge in [0.15, 0.2) is 0 Å². The zero-order valence-electron chi connectivity index (χ0n) is 6.29. The second kappa shape index (κ2) is 3.74. The number of aliphatic hydroxyl groups is 1. The lowest BCUT2D eigenvalue weighted by atomic mass is 10.1.